The molecule has 8 N–H and O–H groups in total. The molecule has 0 aromatic rings. The smallest absolute Gasteiger partial charge is 0.273 e. The van der Waals surface area contributed by atoms with E-state index in [9.17, 15) is 0 Å². The maximum Gasteiger partial charge on any atom is 0.273 e. The quantitative estimate of drug-likeness (QED) is 0.294. The zero-order valence-electron chi connectivity index (χ0n) is 7.73. The van der Waals surface area contributed by atoms with Crippen LogP contribution >= 0.6 is 50.5 Å². The minimum Gasteiger partial charge on any atom is -0.361 e. The monoisotopic (exact) mass is 308 g/mol. The second-order valence-corrected chi connectivity index (χ2v) is 3.12. The zero-order valence-corrected chi connectivity index (χ0v) is 11.3. The van der Waals surface area contributed by atoms with Gasteiger partial charge in [0.2, 0.25) is 0 Å². The Balaban J connectivity index is -0.0000000600. The summed E-state index contributed by atoms with van der Waals surface area (Å²) in [6.45, 7) is 0. The molecule has 0 spiro atoms. The SMILES string of the molecule is NC(=O)S.NC(=O)S.NC(=O)S.NC(=O)S. The van der Waals surface area contributed by atoms with Crippen molar-refractivity contribution in [2.45, 2.75) is 0 Å². The molecule has 0 radical (unpaired) electrons. The highest BCUT2D eigenvalue weighted by Crippen LogP contribution is 1.61. The average molecular weight is 308 g/mol. The van der Waals surface area contributed by atoms with Crippen LogP contribution in [0.4, 0.5) is 19.2 Å². The van der Waals surface area contributed by atoms with Gasteiger partial charge in [-0.3, -0.25) is 19.2 Å². The van der Waals surface area contributed by atoms with Gasteiger partial charge in [-0.2, -0.15) is 0 Å². The number of hydrogen-bond acceptors (Lipinski definition) is 4. The fourth-order valence-electron chi connectivity index (χ4n) is 0. The fraction of sp³-hybridized carbons (Fsp3) is 0. The lowest BCUT2D eigenvalue weighted by Gasteiger charge is -1.59. The van der Waals surface area contributed by atoms with Crippen LogP contribution in [0.5, 0.6) is 0 Å². The van der Waals surface area contributed by atoms with E-state index < -0.39 is 21.0 Å². The lowest BCUT2D eigenvalue weighted by molar-refractivity contribution is 0.266. The third kappa shape index (κ3) is 3860. The molecule has 16 heavy (non-hydrogen) atoms. The van der Waals surface area contributed by atoms with E-state index in [1.165, 1.54) is 0 Å². The van der Waals surface area contributed by atoms with Crippen LogP contribution in [0.2, 0.25) is 0 Å². The molecular formula is C4H12N4O4S4. The van der Waals surface area contributed by atoms with Crippen LogP contribution in [0.3, 0.4) is 0 Å². The van der Waals surface area contributed by atoms with Crippen molar-refractivity contribution in [2.24, 2.45) is 22.9 Å². The molecule has 0 rings (SSSR count). The Bertz CT molecular complexity index is 172. The van der Waals surface area contributed by atoms with E-state index in [1.54, 1.807) is 0 Å². The average Bonchev–Trinajstić information content (AvgIpc) is 1.76. The van der Waals surface area contributed by atoms with E-state index in [4.69, 9.17) is 19.2 Å². The molecular weight excluding hydrogens is 296 g/mol. The maximum atomic E-state index is 9.09. The van der Waals surface area contributed by atoms with E-state index in [-0.39, 0.29) is 0 Å². The van der Waals surface area contributed by atoms with Gasteiger partial charge in [0, 0.05) is 0 Å². The molecule has 0 bridgehead atoms. The topological polar surface area (TPSA) is 172 Å². The van der Waals surface area contributed by atoms with Gasteiger partial charge in [0.25, 0.3) is 21.0 Å². The van der Waals surface area contributed by atoms with Gasteiger partial charge < -0.3 is 22.9 Å². The summed E-state index contributed by atoms with van der Waals surface area (Å²) in [5.74, 6) is 0. The minimum absolute atomic E-state index is 0.639. The largest absolute Gasteiger partial charge is 0.361 e. The number of amides is 4. The summed E-state index contributed by atoms with van der Waals surface area (Å²) in [4.78, 5) is 36.3. The second-order valence-electron chi connectivity index (χ2n) is 1.35. The van der Waals surface area contributed by atoms with Crippen LogP contribution in [-0.4, -0.2) is 21.0 Å². The summed E-state index contributed by atoms with van der Waals surface area (Å²) < 4.78 is 0. The molecule has 96 valence electrons. The molecule has 0 aromatic carbocycles. The fourth-order valence-corrected chi connectivity index (χ4v) is 0. The number of hydrogen-bond donors (Lipinski definition) is 8. The first kappa shape index (κ1) is 24.5. The van der Waals surface area contributed by atoms with Gasteiger partial charge in [-0.1, -0.05) is 50.5 Å². The highest BCUT2D eigenvalue weighted by Gasteiger charge is 1.64. The third-order valence-electron chi connectivity index (χ3n) is 0. The number of primary amides is 4. The second kappa shape index (κ2) is 19.8. The van der Waals surface area contributed by atoms with Crippen LogP contribution in [0.25, 0.3) is 0 Å². The first-order valence-corrected chi connectivity index (χ1v) is 4.65. The molecule has 0 aliphatic rings. The van der Waals surface area contributed by atoms with Crippen LogP contribution in [0.1, 0.15) is 0 Å². The van der Waals surface area contributed by atoms with Gasteiger partial charge >= 0.3 is 0 Å². The highest BCUT2D eigenvalue weighted by molar-refractivity contribution is 7.97. The predicted molar refractivity (Wildman–Crippen MR) is 74.3 cm³/mol. The van der Waals surface area contributed by atoms with Crippen molar-refractivity contribution in [1.82, 2.24) is 0 Å². The molecule has 0 aliphatic heterocycles. The number of thiol groups is 4. The van der Waals surface area contributed by atoms with Crippen molar-refractivity contribution in [2.75, 3.05) is 0 Å². The number of carbonyl (C=O) groups is 4. The molecule has 0 heterocycles. The lowest BCUT2D eigenvalue weighted by atomic mass is 11.5. The third-order valence-corrected chi connectivity index (χ3v) is 0. The standard InChI is InChI=1S/4CH3NOS/c4*2-1(3)4/h4*(H3,2,3,4). The van der Waals surface area contributed by atoms with Crippen molar-refractivity contribution in [3.05, 3.63) is 0 Å². The van der Waals surface area contributed by atoms with Crippen LogP contribution < -0.4 is 22.9 Å². The summed E-state index contributed by atoms with van der Waals surface area (Å²) in [6.07, 6.45) is 0. The molecule has 0 saturated heterocycles. The van der Waals surface area contributed by atoms with Crippen molar-refractivity contribution in [3.63, 3.8) is 0 Å². The lowest BCUT2D eigenvalue weighted by Crippen LogP contribution is -1.95. The van der Waals surface area contributed by atoms with Crippen molar-refractivity contribution >= 4 is 71.5 Å². The Morgan fingerprint density at radius 3 is 0.500 bits per heavy atom. The number of rotatable bonds is 0. The molecule has 4 amide bonds. The molecule has 0 unspecified atom stereocenters. The molecule has 0 aromatic heterocycles. The molecule has 8 nitrogen and oxygen atoms in total. The van der Waals surface area contributed by atoms with E-state index in [2.05, 4.69) is 73.4 Å². The van der Waals surface area contributed by atoms with E-state index in [1.807, 2.05) is 0 Å². The first-order chi connectivity index (χ1) is 6.93. The summed E-state index contributed by atoms with van der Waals surface area (Å²) >= 11 is 12.4. The Labute approximate surface area is 113 Å². The number of carbonyl (C=O) groups excluding carboxylic acids is 4. The summed E-state index contributed by atoms with van der Waals surface area (Å²) in [5, 5.41) is -2.56. The normalized spacial score (nSPS) is 6.25. The molecule has 0 aliphatic carbocycles. The van der Waals surface area contributed by atoms with Gasteiger partial charge in [-0.25, -0.2) is 0 Å². The van der Waals surface area contributed by atoms with Crippen LogP contribution in [0.15, 0.2) is 0 Å². The zero-order chi connectivity index (χ0) is 14.3. The number of nitrogens with two attached hydrogens (primary N) is 4. The molecule has 0 saturated carbocycles. The highest BCUT2D eigenvalue weighted by atomic mass is 32.1. The van der Waals surface area contributed by atoms with Crippen LogP contribution in [-0.2, 0) is 0 Å². The Kier molecular flexibility index (Phi) is 30.3. The van der Waals surface area contributed by atoms with Crippen molar-refractivity contribution < 1.29 is 19.2 Å². The predicted octanol–water partition coefficient (Wildman–Crippen LogP) is -0.0204. The van der Waals surface area contributed by atoms with Gasteiger partial charge in [0.05, 0.1) is 0 Å². The Hall–Kier alpha value is -0.720. The van der Waals surface area contributed by atoms with Crippen molar-refractivity contribution in [1.29, 1.82) is 0 Å². The van der Waals surface area contributed by atoms with Crippen LogP contribution in [0, 0.1) is 0 Å². The summed E-state index contributed by atoms with van der Waals surface area (Å²) in [7, 11) is 0. The minimum atomic E-state index is -0.639. The van der Waals surface area contributed by atoms with E-state index >= 15 is 0 Å². The maximum absolute atomic E-state index is 9.09. The van der Waals surface area contributed by atoms with E-state index in [0.29, 0.717) is 0 Å². The molecule has 0 atom stereocenters. The van der Waals surface area contributed by atoms with Gasteiger partial charge in [-0.05, 0) is 0 Å². The first-order valence-electron chi connectivity index (χ1n) is 2.87. The molecule has 0 fully saturated rings. The van der Waals surface area contributed by atoms with Gasteiger partial charge in [0.15, 0.2) is 0 Å². The Morgan fingerprint density at radius 2 is 0.500 bits per heavy atom. The van der Waals surface area contributed by atoms with Gasteiger partial charge in [-0.15, -0.1) is 0 Å². The Morgan fingerprint density at radius 1 is 0.500 bits per heavy atom. The summed E-state index contributed by atoms with van der Waals surface area (Å²) in [5.41, 5.74) is 17.3. The molecule has 12 heteroatoms. The van der Waals surface area contributed by atoms with E-state index in [0.717, 1.165) is 0 Å². The van der Waals surface area contributed by atoms with Crippen molar-refractivity contribution in [3.8, 4) is 0 Å². The summed E-state index contributed by atoms with van der Waals surface area (Å²) in [6, 6.07) is 0. The van der Waals surface area contributed by atoms with Gasteiger partial charge in [0.1, 0.15) is 0 Å².